The van der Waals surface area contributed by atoms with E-state index in [0.717, 1.165) is 0 Å². The highest BCUT2D eigenvalue weighted by atomic mass is 35.5. The third kappa shape index (κ3) is 1.21. The van der Waals surface area contributed by atoms with Crippen LogP contribution >= 0.6 is 11.6 Å². The van der Waals surface area contributed by atoms with E-state index in [1.54, 1.807) is 14.0 Å². The van der Waals surface area contributed by atoms with Crippen LogP contribution < -0.4 is 0 Å². The number of carbonyl (C=O) groups is 1. The van der Waals surface area contributed by atoms with Crippen molar-refractivity contribution in [2.45, 2.75) is 6.92 Å². The van der Waals surface area contributed by atoms with Gasteiger partial charge in [0.05, 0.1) is 5.69 Å². The standard InChI is InChI=1S/C6H7ClN2O2/c1-3-4(7)8-5(6(10)11)9(3)2/h1-2H3,(H,10,11). The zero-order valence-corrected chi connectivity index (χ0v) is 6.88. The Balaban J connectivity index is 3.29. The van der Waals surface area contributed by atoms with E-state index in [1.807, 2.05) is 0 Å². The average molecular weight is 175 g/mol. The van der Waals surface area contributed by atoms with Gasteiger partial charge >= 0.3 is 5.97 Å². The Morgan fingerprint density at radius 2 is 2.27 bits per heavy atom. The minimum atomic E-state index is -1.07. The lowest BCUT2D eigenvalue weighted by atomic mass is 10.5. The summed E-state index contributed by atoms with van der Waals surface area (Å²) in [6, 6.07) is 0. The number of carboxylic acids is 1. The van der Waals surface area contributed by atoms with Gasteiger partial charge in [0.1, 0.15) is 0 Å². The lowest BCUT2D eigenvalue weighted by Crippen LogP contribution is -2.06. The van der Waals surface area contributed by atoms with Crippen molar-refractivity contribution in [3.05, 3.63) is 16.7 Å². The number of aromatic carboxylic acids is 1. The second-order valence-corrected chi connectivity index (χ2v) is 2.53. The second kappa shape index (κ2) is 2.54. The molecule has 0 amide bonds. The molecule has 0 aliphatic heterocycles. The Morgan fingerprint density at radius 3 is 2.45 bits per heavy atom. The zero-order chi connectivity index (χ0) is 8.59. The molecule has 4 nitrogen and oxygen atoms in total. The minimum Gasteiger partial charge on any atom is -0.475 e. The fourth-order valence-electron chi connectivity index (χ4n) is 0.737. The van der Waals surface area contributed by atoms with E-state index in [2.05, 4.69) is 4.98 Å². The largest absolute Gasteiger partial charge is 0.475 e. The van der Waals surface area contributed by atoms with E-state index in [9.17, 15) is 4.79 Å². The number of carboxylic acid groups (broad SMARTS) is 1. The van der Waals surface area contributed by atoms with Crippen molar-refractivity contribution >= 4 is 17.6 Å². The molecule has 0 radical (unpaired) electrons. The van der Waals surface area contributed by atoms with E-state index < -0.39 is 5.97 Å². The third-order valence-corrected chi connectivity index (χ3v) is 1.87. The van der Waals surface area contributed by atoms with Gasteiger partial charge in [-0.25, -0.2) is 9.78 Å². The average Bonchev–Trinajstić information content (AvgIpc) is 2.17. The summed E-state index contributed by atoms with van der Waals surface area (Å²) in [6.45, 7) is 1.71. The van der Waals surface area contributed by atoms with Crippen LogP contribution in [0.5, 0.6) is 0 Å². The molecule has 1 rings (SSSR count). The molecular weight excluding hydrogens is 168 g/mol. The summed E-state index contributed by atoms with van der Waals surface area (Å²) in [5, 5.41) is 8.80. The Kier molecular flexibility index (Phi) is 1.87. The molecule has 0 unspecified atom stereocenters. The highest BCUT2D eigenvalue weighted by molar-refractivity contribution is 6.30. The number of hydrogen-bond acceptors (Lipinski definition) is 2. The SMILES string of the molecule is Cc1c(Cl)nc(C(=O)O)n1C. The van der Waals surface area contributed by atoms with Gasteiger partial charge in [-0.3, -0.25) is 0 Å². The predicted molar refractivity (Wildman–Crippen MR) is 39.9 cm³/mol. The van der Waals surface area contributed by atoms with Gasteiger partial charge in [0, 0.05) is 7.05 Å². The van der Waals surface area contributed by atoms with Crippen LogP contribution in [-0.4, -0.2) is 20.6 Å². The Morgan fingerprint density at radius 1 is 1.73 bits per heavy atom. The maximum Gasteiger partial charge on any atom is 0.372 e. The molecule has 1 aromatic heterocycles. The quantitative estimate of drug-likeness (QED) is 0.693. The van der Waals surface area contributed by atoms with Crippen LogP contribution in [0.25, 0.3) is 0 Å². The molecular formula is C6H7ClN2O2. The van der Waals surface area contributed by atoms with E-state index >= 15 is 0 Å². The first-order valence-corrected chi connectivity index (χ1v) is 3.34. The fraction of sp³-hybridized carbons (Fsp3) is 0.333. The summed E-state index contributed by atoms with van der Waals surface area (Å²) >= 11 is 5.58. The number of halogens is 1. The van der Waals surface area contributed by atoms with E-state index in [1.165, 1.54) is 4.57 Å². The van der Waals surface area contributed by atoms with Crippen molar-refractivity contribution in [3.63, 3.8) is 0 Å². The zero-order valence-electron chi connectivity index (χ0n) is 6.13. The first-order chi connectivity index (χ1) is 5.04. The molecule has 0 saturated carbocycles. The van der Waals surface area contributed by atoms with Gasteiger partial charge in [-0.05, 0) is 6.92 Å². The van der Waals surface area contributed by atoms with Crippen LogP contribution in [0.4, 0.5) is 0 Å². The van der Waals surface area contributed by atoms with Gasteiger partial charge in [0.15, 0.2) is 5.15 Å². The predicted octanol–water partition coefficient (Wildman–Crippen LogP) is 1.08. The molecule has 1 aromatic rings. The second-order valence-electron chi connectivity index (χ2n) is 2.18. The molecule has 0 fully saturated rings. The molecule has 0 bridgehead atoms. The number of nitrogens with zero attached hydrogens (tertiary/aromatic N) is 2. The smallest absolute Gasteiger partial charge is 0.372 e. The monoisotopic (exact) mass is 174 g/mol. The van der Waals surface area contributed by atoms with Gasteiger partial charge in [-0.1, -0.05) is 11.6 Å². The van der Waals surface area contributed by atoms with E-state index in [-0.39, 0.29) is 11.0 Å². The summed E-state index contributed by atoms with van der Waals surface area (Å²) < 4.78 is 1.44. The van der Waals surface area contributed by atoms with E-state index in [0.29, 0.717) is 5.69 Å². The van der Waals surface area contributed by atoms with Crippen molar-refractivity contribution in [1.82, 2.24) is 9.55 Å². The summed E-state index contributed by atoms with van der Waals surface area (Å²) in [4.78, 5) is 14.1. The molecule has 60 valence electrons. The molecule has 0 atom stereocenters. The highest BCUT2D eigenvalue weighted by Gasteiger charge is 2.14. The van der Waals surface area contributed by atoms with Crippen LogP contribution in [0, 0.1) is 6.92 Å². The summed E-state index contributed by atoms with van der Waals surface area (Å²) in [7, 11) is 1.61. The lowest BCUT2D eigenvalue weighted by Gasteiger charge is -1.95. The van der Waals surface area contributed by atoms with Crippen molar-refractivity contribution < 1.29 is 9.90 Å². The molecule has 0 aromatic carbocycles. The topological polar surface area (TPSA) is 55.1 Å². The van der Waals surface area contributed by atoms with Gasteiger partial charge in [0.25, 0.3) is 0 Å². The van der Waals surface area contributed by atoms with Crippen molar-refractivity contribution in [2.24, 2.45) is 7.05 Å². The van der Waals surface area contributed by atoms with Crippen molar-refractivity contribution in [3.8, 4) is 0 Å². The van der Waals surface area contributed by atoms with Crippen molar-refractivity contribution in [2.75, 3.05) is 0 Å². The van der Waals surface area contributed by atoms with Gasteiger partial charge in [0.2, 0.25) is 5.82 Å². The number of imidazole rings is 1. The van der Waals surface area contributed by atoms with Crippen LogP contribution in [0.15, 0.2) is 0 Å². The van der Waals surface area contributed by atoms with Crippen LogP contribution in [0.3, 0.4) is 0 Å². The minimum absolute atomic E-state index is 0.0347. The highest BCUT2D eigenvalue weighted by Crippen LogP contribution is 2.13. The molecule has 0 spiro atoms. The molecule has 1 N–H and O–H groups in total. The first kappa shape index (κ1) is 8.07. The first-order valence-electron chi connectivity index (χ1n) is 2.96. The molecule has 5 heteroatoms. The third-order valence-electron chi connectivity index (χ3n) is 1.51. The normalized spacial score (nSPS) is 10.1. The molecule has 11 heavy (non-hydrogen) atoms. The number of aromatic nitrogens is 2. The fourth-order valence-corrected chi connectivity index (χ4v) is 0.944. The number of rotatable bonds is 1. The van der Waals surface area contributed by atoms with E-state index in [4.69, 9.17) is 16.7 Å². The Hall–Kier alpha value is -1.03. The lowest BCUT2D eigenvalue weighted by molar-refractivity contribution is 0.0679. The maximum atomic E-state index is 10.4. The maximum absolute atomic E-state index is 10.4. The molecule has 1 heterocycles. The van der Waals surface area contributed by atoms with Gasteiger partial charge in [-0.2, -0.15) is 0 Å². The Labute approximate surface area is 68.4 Å². The van der Waals surface area contributed by atoms with Crippen molar-refractivity contribution in [1.29, 1.82) is 0 Å². The van der Waals surface area contributed by atoms with Gasteiger partial charge in [-0.15, -0.1) is 0 Å². The molecule has 0 aliphatic carbocycles. The van der Waals surface area contributed by atoms with Gasteiger partial charge < -0.3 is 9.67 Å². The molecule has 0 saturated heterocycles. The van der Waals surface area contributed by atoms with Crippen LogP contribution in [0.2, 0.25) is 5.15 Å². The molecule has 0 aliphatic rings. The number of hydrogen-bond donors (Lipinski definition) is 1. The van der Waals surface area contributed by atoms with Crippen LogP contribution in [-0.2, 0) is 7.05 Å². The summed E-state index contributed by atoms with van der Waals surface area (Å²) in [5.74, 6) is -1.10. The summed E-state index contributed by atoms with van der Waals surface area (Å²) in [5.41, 5.74) is 0.657. The Bertz CT molecular complexity index is 306. The van der Waals surface area contributed by atoms with Crippen LogP contribution in [0.1, 0.15) is 16.3 Å². The summed E-state index contributed by atoms with van der Waals surface area (Å²) in [6.07, 6.45) is 0.